The Morgan fingerprint density at radius 3 is 2.59 bits per heavy atom. The minimum absolute atomic E-state index is 0.0835. The Hall–Kier alpha value is -3.06. The van der Waals surface area contributed by atoms with Crippen LogP contribution in [0.15, 0.2) is 71.4 Å². The number of nitrogens with zero attached hydrogens (tertiary/aromatic N) is 1. The largest absolute Gasteiger partial charge is 0.469 e. The molecule has 0 saturated carbocycles. The summed E-state index contributed by atoms with van der Waals surface area (Å²) < 4.78 is 4.79. The van der Waals surface area contributed by atoms with Crippen molar-refractivity contribution in [2.45, 2.75) is 25.0 Å². The maximum atomic E-state index is 12.8. The number of esters is 1. The number of carbonyl (C=O) groups is 2. The number of amides is 1. The van der Waals surface area contributed by atoms with Gasteiger partial charge in [-0.25, -0.2) is 4.99 Å². The third-order valence-corrected chi connectivity index (χ3v) is 5.54. The fourth-order valence-electron chi connectivity index (χ4n) is 2.78. The van der Waals surface area contributed by atoms with Crippen LogP contribution in [0, 0.1) is 0 Å². The molecule has 0 fully saturated rings. The first-order valence-electron chi connectivity index (χ1n) is 9.33. The molecule has 0 saturated heterocycles. The summed E-state index contributed by atoms with van der Waals surface area (Å²) in [4.78, 5) is 29.3. The number of fused-ring (bicyclic) bond motifs is 1. The van der Waals surface area contributed by atoms with Crippen LogP contribution >= 0.6 is 11.8 Å². The van der Waals surface area contributed by atoms with Crippen LogP contribution in [0.25, 0.3) is 0 Å². The predicted molar refractivity (Wildman–Crippen MR) is 119 cm³/mol. The van der Waals surface area contributed by atoms with E-state index in [0.717, 1.165) is 17.1 Å². The van der Waals surface area contributed by atoms with E-state index in [2.05, 4.69) is 10.6 Å². The highest BCUT2D eigenvalue weighted by Gasteiger charge is 2.22. The second kappa shape index (κ2) is 9.93. The SMILES string of the molecule is CC[C@@H](SC1=Nc2ccccc2NC(CC(=O)OC)=C1)C(=O)Nc1ccccc1. The Balaban J connectivity index is 1.83. The van der Waals surface area contributed by atoms with Gasteiger partial charge in [0.15, 0.2) is 0 Å². The van der Waals surface area contributed by atoms with Crippen LogP contribution in [0.2, 0.25) is 0 Å². The zero-order valence-corrected chi connectivity index (χ0v) is 17.2. The molecule has 1 heterocycles. The van der Waals surface area contributed by atoms with Gasteiger partial charge in [0.05, 0.1) is 35.2 Å². The van der Waals surface area contributed by atoms with E-state index in [1.807, 2.05) is 61.5 Å². The van der Waals surface area contributed by atoms with Crippen molar-refractivity contribution < 1.29 is 14.3 Å². The Morgan fingerprint density at radius 2 is 1.86 bits per heavy atom. The number of anilines is 2. The van der Waals surface area contributed by atoms with Gasteiger partial charge in [0, 0.05) is 11.4 Å². The van der Waals surface area contributed by atoms with E-state index in [0.29, 0.717) is 17.2 Å². The molecule has 2 aromatic carbocycles. The smallest absolute Gasteiger partial charge is 0.311 e. The van der Waals surface area contributed by atoms with Crippen LogP contribution in [0.4, 0.5) is 17.1 Å². The summed E-state index contributed by atoms with van der Waals surface area (Å²) in [6.45, 7) is 1.96. The van der Waals surface area contributed by atoms with E-state index in [1.54, 1.807) is 6.08 Å². The van der Waals surface area contributed by atoms with Crippen molar-refractivity contribution in [1.29, 1.82) is 0 Å². The van der Waals surface area contributed by atoms with Crippen LogP contribution in [0.5, 0.6) is 0 Å². The minimum atomic E-state index is -0.346. The first-order valence-corrected chi connectivity index (χ1v) is 10.2. The Bertz CT molecular complexity index is 941. The first-order chi connectivity index (χ1) is 14.1. The molecular formula is C22H23N3O3S. The van der Waals surface area contributed by atoms with E-state index in [-0.39, 0.29) is 23.5 Å². The van der Waals surface area contributed by atoms with Crippen molar-refractivity contribution >= 4 is 45.7 Å². The van der Waals surface area contributed by atoms with Gasteiger partial charge in [-0.1, -0.05) is 49.0 Å². The number of hydrogen-bond donors (Lipinski definition) is 2. The number of nitrogens with one attached hydrogen (secondary N) is 2. The van der Waals surface area contributed by atoms with Crippen molar-refractivity contribution in [3.8, 4) is 0 Å². The zero-order chi connectivity index (χ0) is 20.6. The van der Waals surface area contributed by atoms with E-state index in [4.69, 9.17) is 9.73 Å². The van der Waals surface area contributed by atoms with E-state index < -0.39 is 0 Å². The van der Waals surface area contributed by atoms with Gasteiger partial charge in [-0.3, -0.25) is 9.59 Å². The number of carbonyl (C=O) groups excluding carboxylic acids is 2. The van der Waals surface area contributed by atoms with E-state index in [9.17, 15) is 9.59 Å². The number of thioether (sulfide) groups is 1. The summed E-state index contributed by atoms with van der Waals surface area (Å²) in [6, 6.07) is 17.0. The fourth-order valence-corrected chi connectivity index (χ4v) is 3.77. The van der Waals surface area contributed by atoms with Gasteiger partial charge in [0.1, 0.15) is 0 Å². The molecule has 3 rings (SSSR count). The lowest BCUT2D eigenvalue weighted by molar-refractivity contribution is -0.139. The Kier molecular flexibility index (Phi) is 7.08. The summed E-state index contributed by atoms with van der Waals surface area (Å²) in [5.41, 5.74) is 2.99. The van der Waals surface area contributed by atoms with E-state index in [1.165, 1.54) is 18.9 Å². The highest BCUT2D eigenvalue weighted by Crippen LogP contribution is 2.32. The molecule has 0 radical (unpaired) electrons. The molecular weight excluding hydrogens is 386 g/mol. The maximum Gasteiger partial charge on any atom is 0.311 e. The first kappa shape index (κ1) is 20.7. The highest BCUT2D eigenvalue weighted by molar-refractivity contribution is 8.15. The average Bonchev–Trinajstić information content (AvgIpc) is 2.90. The average molecular weight is 410 g/mol. The van der Waals surface area contributed by atoms with Crippen molar-refractivity contribution in [3.63, 3.8) is 0 Å². The molecule has 1 amide bonds. The van der Waals surface area contributed by atoms with Crippen molar-refractivity contribution in [2.24, 2.45) is 4.99 Å². The maximum absolute atomic E-state index is 12.8. The molecule has 0 aliphatic carbocycles. The second-order valence-electron chi connectivity index (χ2n) is 6.38. The van der Waals surface area contributed by atoms with Crippen LogP contribution < -0.4 is 10.6 Å². The third kappa shape index (κ3) is 5.71. The monoisotopic (exact) mass is 409 g/mol. The van der Waals surface area contributed by atoms with Crippen LogP contribution in [0.1, 0.15) is 19.8 Å². The highest BCUT2D eigenvalue weighted by atomic mass is 32.2. The standard InChI is InChI=1S/C22H23N3O3S/c1-3-19(22(27)24-15-9-5-4-6-10-15)29-20-13-16(14-21(26)28-2)23-17-11-7-8-12-18(17)25-20/h4-13,19,23H,3,14H2,1-2H3,(H,24,27)/t19-/m1/s1. The number of hydrogen-bond acceptors (Lipinski definition) is 6. The Labute approximate surface area is 174 Å². The summed E-state index contributed by atoms with van der Waals surface area (Å²) >= 11 is 1.38. The molecule has 1 aliphatic heterocycles. The molecule has 2 aromatic rings. The molecule has 0 spiro atoms. The van der Waals surface area contributed by atoms with Crippen LogP contribution in [0.3, 0.4) is 0 Å². The minimum Gasteiger partial charge on any atom is -0.469 e. The molecule has 0 bridgehead atoms. The quantitative estimate of drug-likeness (QED) is 0.674. The number of para-hydroxylation sites is 3. The van der Waals surface area contributed by atoms with Gasteiger partial charge in [0.25, 0.3) is 0 Å². The molecule has 0 aromatic heterocycles. The molecule has 6 nitrogen and oxygen atoms in total. The molecule has 7 heteroatoms. The van der Waals surface area contributed by atoms with Gasteiger partial charge in [-0.05, 0) is 36.8 Å². The van der Waals surface area contributed by atoms with Crippen LogP contribution in [-0.4, -0.2) is 29.3 Å². The number of ether oxygens (including phenoxy) is 1. The fraction of sp³-hybridized carbons (Fsp3) is 0.227. The predicted octanol–water partition coefficient (Wildman–Crippen LogP) is 4.74. The number of rotatable bonds is 6. The van der Waals surface area contributed by atoms with Crippen molar-refractivity contribution in [2.75, 3.05) is 17.7 Å². The lowest BCUT2D eigenvalue weighted by Gasteiger charge is -2.15. The van der Waals surface area contributed by atoms with Gasteiger partial charge in [-0.15, -0.1) is 0 Å². The normalized spacial score (nSPS) is 13.7. The molecule has 1 aliphatic rings. The summed E-state index contributed by atoms with van der Waals surface area (Å²) in [6.07, 6.45) is 2.54. The van der Waals surface area contributed by atoms with Crippen LogP contribution in [-0.2, 0) is 14.3 Å². The molecule has 29 heavy (non-hydrogen) atoms. The van der Waals surface area contributed by atoms with Gasteiger partial charge in [0.2, 0.25) is 5.91 Å². The topological polar surface area (TPSA) is 79.8 Å². The lowest BCUT2D eigenvalue weighted by Crippen LogP contribution is -2.25. The third-order valence-electron chi connectivity index (χ3n) is 4.26. The summed E-state index contributed by atoms with van der Waals surface area (Å²) in [7, 11) is 1.36. The molecule has 150 valence electrons. The van der Waals surface area contributed by atoms with E-state index >= 15 is 0 Å². The summed E-state index contributed by atoms with van der Waals surface area (Å²) in [5.74, 6) is -0.429. The number of methoxy groups -OCH3 is 1. The van der Waals surface area contributed by atoms with Crippen molar-refractivity contribution in [1.82, 2.24) is 0 Å². The molecule has 2 N–H and O–H groups in total. The van der Waals surface area contributed by atoms with Gasteiger partial charge >= 0.3 is 5.97 Å². The van der Waals surface area contributed by atoms with Gasteiger partial charge < -0.3 is 15.4 Å². The lowest BCUT2D eigenvalue weighted by atomic mass is 10.2. The zero-order valence-electron chi connectivity index (χ0n) is 16.3. The number of aliphatic imine (C=N–C) groups is 1. The second-order valence-corrected chi connectivity index (χ2v) is 7.61. The van der Waals surface area contributed by atoms with Gasteiger partial charge in [-0.2, -0.15) is 0 Å². The Morgan fingerprint density at radius 1 is 1.14 bits per heavy atom. The molecule has 0 unspecified atom stereocenters. The van der Waals surface area contributed by atoms with Crippen molar-refractivity contribution in [3.05, 3.63) is 66.4 Å². The summed E-state index contributed by atoms with van der Waals surface area (Å²) in [5, 5.41) is 6.53. The number of benzene rings is 2. The molecule has 1 atom stereocenters.